The zero-order valence-electron chi connectivity index (χ0n) is 14.6. The van der Waals surface area contributed by atoms with E-state index in [0.717, 1.165) is 43.4 Å². The quantitative estimate of drug-likeness (QED) is 0.806. The van der Waals surface area contributed by atoms with Crippen LogP contribution in [0.3, 0.4) is 0 Å². The molecule has 1 aliphatic rings. The molecule has 2 amide bonds. The van der Waals surface area contributed by atoms with Crippen molar-refractivity contribution >= 4 is 17.5 Å². The van der Waals surface area contributed by atoms with Crippen LogP contribution < -0.4 is 11.1 Å². The number of nitrogens with two attached hydrogens (primary N) is 1. The molecule has 0 spiro atoms. The minimum atomic E-state index is -0.0835. The van der Waals surface area contributed by atoms with E-state index in [9.17, 15) is 9.59 Å². The molecule has 1 saturated carbocycles. The largest absolute Gasteiger partial charge is 0.338 e. The molecule has 0 aromatic heterocycles. The number of hydrogen-bond acceptors (Lipinski definition) is 3. The number of carbonyl (C=O) groups excluding carboxylic acids is 2. The normalized spacial score (nSPS) is 15.1. The van der Waals surface area contributed by atoms with E-state index >= 15 is 0 Å². The lowest BCUT2D eigenvalue weighted by Crippen LogP contribution is -2.37. The molecule has 1 aromatic rings. The fourth-order valence-corrected chi connectivity index (χ4v) is 3.27. The van der Waals surface area contributed by atoms with Gasteiger partial charge in [0.1, 0.15) is 0 Å². The molecule has 0 unspecified atom stereocenters. The third-order valence-electron chi connectivity index (χ3n) is 4.55. The number of rotatable bonds is 7. The summed E-state index contributed by atoms with van der Waals surface area (Å²) in [6.45, 7) is 3.40. The summed E-state index contributed by atoms with van der Waals surface area (Å²) >= 11 is 0. The Labute approximate surface area is 144 Å². The van der Waals surface area contributed by atoms with Crippen molar-refractivity contribution in [2.24, 2.45) is 11.7 Å². The molecule has 1 aromatic carbocycles. The van der Waals surface area contributed by atoms with Gasteiger partial charge in [0.25, 0.3) is 0 Å². The Kier molecular flexibility index (Phi) is 7.25. The number of nitrogens with zero attached hydrogens (tertiary/aromatic N) is 1. The van der Waals surface area contributed by atoms with Gasteiger partial charge in [0.15, 0.2) is 0 Å². The molecule has 24 heavy (non-hydrogen) atoms. The smallest absolute Gasteiger partial charge is 0.225 e. The number of amides is 2. The Balaban J connectivity index is 2.01. The number of anilines is 1. The van der Waals surface area contributed by atoms with Crippen molar-refractivity contribution in [2.45, 2.75) is 52.0 Å². The maximum atomic E-state index is 12.8. The fourth-order valence-electron chi connectivity index (χ4n) is 3.27. The molecular formula is C19H29N3O2. The number of hydrogen-bond donors (Lipinski definition) is 2. The molecule has 0 radical (unpaired) electrons. The van der Waals surface area contributed by atoms with Crippen LogP contribution in [0.25, 0.3) is 0 Å². The van der Waals surface area contributed by atoms with Gasteiger partial charge >= 0.3 is 0 Å². The topological polar surface area (TPSA) is 75.4 Å². The molecule has 5 heteroatoms. The SMILES string of the molecule is CC(=O)Nc1ccc(CN(CCCN)C(=O)C2CCCCC2)cc1. The lowest BCUT2D eigenvalue weighted by Gasteiger charge is -2.29. The van der Waals surface area contributed by atoms with E-state index in [4.69, 9.17) is 5.73 Å². The summed E-state index contributed by atoms with van der Waals surface area (Å²) in [5.41, 5.74) is 7.49. The van der Waals surface area contributed by atoms with E-state index in [1.54, 1.807) is 0 Å². The average Bonchev–Trinajstić information content (AvgIpc) is 2.60. The molecule has 0 atom stereocenters. The van der Waals surface area contributed by atoms with Crippen molar-refractivity contribution in [3.8, 4) is 0 Å². The minimum absolute atomic E-state index is 0.0835. The van der Waals surface area contributed by atoms with E-state index in [2.05, 4.69) is 5.32 Å². The molecule has 0 bridgehead atoms. The predicted molar refractivity (Wildman–Crippen MR) is 96.4 cm³/mol. The Morgan fingerprint density at radius 3 is 2.42 bits per heavy atom. The zero-order valence-corrected chi connectivity index (χ0v) is 14.6. The molecule has 0 aliphatic heterocycles. The molecule has 1 fully saturated rings. The van der Waals surface area contributed by atoms with Gasteiger partial charge in [-0.05, 0) is 43.5 Å². The Bertz CT molecular complexity index is 536. The lowest BCUT2D eigenvalue weighted by molar-refractivity contribution is -0.137. The van der Waals surface area contributed by atoms with E-state index in [1.165, 1.54) is 13.3 Å². The van der Waals surface area contributed by atoms with Crippen molar-refractivity contribution in [3.05, 3.63) is 29.8 Å². The van der Waals surface area contributed by atoms with E-state index < -0.39 is 0 Å². The van der Waals surface area contributed by atoms with E-state index in [-0.39, 0.29) is 17.7 Å². The second-order valence-corrected chi connectivity index (χ2v) is 6.62. The second kappa shape index (κ2) is 9.42. The summed E-state index contributed by atoms with van der Waals surface area (Å²) in [5, 5.41) is 2.76. The molecule has 1 aliphatic carbocycles. The van der Waals surface area contributed by atoms with Crippen molar-refractivity contribution in [1.29, 1.82) is 0 Å². The first-order valence-electron chi connectivity index (χ1n) is 8.95. The number of carbonyl (C=O) groups is 2. The minimum Gasteiger partial charge on any atom is -0.338 e. The third-order valence-corrected chi connectivity index (χ3v) is 4.55. The highest BCUT2D eigenvalue weighted by atomic mass is 16.2. The molecule has 5 nitrogen and oxygen atoms in total. The highest BCUT2D eigenvalue weighted by Gasteiger charge is 2.25. The van der Waals surface area contributed by atoms with Gasteiger partial charge in [-0.2, -0.15) is 0 Å². The Morgan fingerprint density at radius 2 is 1.83 bits per heavy atom. The molecular weight excluding hydrogens is 302 g/mol. The maximum Gasteiger partial charge on any atom is 0.225 e. The summed E-state index contributed by atoms with van der Waals surface area (Å²) in [7, 11) is 0. The van der Waals surface area contributed by atoms with E-state index in [0.29, 0.717) is 19.6 Å². The molecule has 0 saturated heterocycles. The van der Waals surface area contributed by atoms with Crippen LogP contribution in [0.4, 0.5) is 5.69 Å². The Morgan fingerprint density at radius 1 is 1.17 bits per heavy atom. The van der Waals surface area contributed by atoms with E-state index in [1.807, 2.05) is 29.2 Å². The summed E-state index contributed by atoms with van der Waals surface area (Å²) in [5.74, 6) is 0.365. The monoisotopic (exact) mass is 331 g/mol. The predicted octanol–water partition coefficient (Wildman–Crippen LogP) is 2.90. The first kappa shape index (κ1) is 18.5. The summed E-state index contributed by atoms with van der Waals surface area (Å²) < 4.78 is 0. The van der Waals surface area contributed by atoms with Crippen LogP contribution in [0.15, 0.2) is 24.3 Å². The van der Waals surface area contributed by atoms with Gasteiger partial charge in [0.2, 0.25) is 11.8 Å². The maximum absolute atomic E-state index is 12.8. The summed E-state index contributed by atoms with van der Waals surface area (Å²) in [6, 6.07) is 7.69. The standard InChI is InChI=1S/C19H29N3O2/c1-15(23)21-18-10-8-16(9-11-18)14-22(13-5-12-20)19(24)17-6-3-2-4-7-17/h8-11,17H,2-7,12-14,20H2,1H3,(H,21,23). The van der Waals surface area contributed by atoms with Crippen molar-refractivity contribution in [1.82, 2.24) is 4.90 Å². The summed E-state index contributed by atoms with van der Waals surface area (Å²) in [4.78, 5) is 25.9. The van der Waals surface area contributed by atoms with Crippen LogP contribution >= 0.6 is 0 Å². The number of nitrogens with one attached hydrogen (secondary N) is 1. The molecule has 2 rings (SSSR count). The van der Waals surface area contributed by atoms with Gasteiger partial charge in [0.05, 0.1) is 0 Å². The second-order valence-electron chi connectivity index (χ2n) is 6.62. The van der Waals surface area contributed by atoms with Gasteiger partial charge in [-0.3, -0.25) is 9.59 Å². The van der Waals surface area contributed by atoms with Crippen LogP contribution in [0.2, 0.25) is 0 Å². The zero-order chi connectivity index (χ0) is 17.4. The van der Waals surface area contributed by atoms with Crippen LogP contribution in [-0.4, -0.2) is 29.8 Å². The van der Waals surface area contributed by atoms with Crippen molar-refractivity contribution in [2.75, 3.05) is 18.4 Å². The first-order chi connectivity index (χ1) is 11.6. The van der Waals surface area contributed by atoms with Gasteiger partial charge in [-0.15, -0.1) is 0 Å². The van der Waals surface area contributed by atoms with Crippen molar-refractivity contribution < 1.29 is 9.59 Å². The van der Waals surface area contributed by atoms with Gasteiger partial charge < -0.3 is 16.0 Å². The third kappa shape index (κ3) is 5.64. The Hall–Kier alpha value is -1.88. The van der Waals surface area contributed by atoms with Gasteiger partial charge in [-0.25, -0.2) is 0 Å². The highest BCUT2D eigenvalue weighted by molar-refractivity contribution is 5.88. The van der Waals surface area contributed by atoms with Crippen LogP contribution in [0.5, 0.6) is 0 Å². The molecule has 0 heterocycles. The lowest BCUT2D eigenvalue weighted by atomic mass is 9.88. The summed E-state index contributed by atoms with van der Waals surface area (Å²) in [6.07, 6.45) is 6.41. The van der Waals surface area contributed by atoms with Crippen LogP contribution in [-0.2, 0) is 16.1 Å². The van der Waals surface area contributed by atoms with Crippen LogP contribution in [0, 0.1) is 5.92 Å². The molecule has 132 valence electrons. The van der Waals surface area contributed by atoms with Gasteiger partial charge in [0, 0.05) is 31.6 Å². The van der Waals surface area contributed by atoms with Crippen LogP contribution in [0.1, 0.15) is 51.0 Å². The number of benzene rings is 1. The first-order valence-corrected chi connectivity index (χ1v) is 8.95. The fraction of sp³-hybridized carbons (Fsp3) is 0.579. The van der Waals surface area contributed by atoms with Gasteiger partial charge in [-0.1, -0.05) is 31.4 Å². The highest BCUT2D eigenvalue weighted by Crippen LogP contribution is 2.26. The van der Waals surface area contributed by atoms with Crippen molar-refractivity contribution in [3.63, 3.8) is 0 Å². The average molecular weight is 331 g/mol. The molecule has 3 N–H and O–H groups in total.